The van der Waals surface area contributed by atoms with Gasteiger partial charge in [-0.1, -0.05) is 101 Å². The number of nitrogens with zero attached hydrogens (tertiary/aromatic N) is 4. The lowest BCUT2D eigenvalue weighted by atomic mass is 9.82. The van der Waals surface area contributed by atoms with Crippen LogP contribution in [0.4, 0.5) is 0 Å². The zero-order chi connectivity index (χ0) is 32.6. The molecule has 0 unspecified atom stereocenters. The first-order valence-electron chi connectivity index (χ1n) is 15.4. The number of carbonyl (C=O) groups is 4. The van der Waals surface area contributed by atoms with Crippen LogP contribution >= 0.6 is 0 Å². The topological polar surface area (TPSA) is 136 Å². The SMILES string of the molecule is CCC(CC)C(=O)N(NC(=O)[C@H](CC(C)C)[C@H](C/C=C/c1ccccc1)C(=O)NOCc1ccccc1)C(=O)Cn1cncn1. The maximum atomic E-state index is 14.0. The van der Waals surface area contributed by atoms with Gasteiger partial charge in [0.2, 0.25) is 11.8 Å². The zero-order valence-electron chi connectivity index (χ0n) is 26.5. The molecular formula is C34H44N6O5. The maximum absolute atomic E-state index is 14.0. The summed E-state index contributed by atoms with van der Waals surface area (Å²) < 4.78 is 1.28. The van der Waals surface area contributed by atoms with E-state index in [1.165, 1.54) is 17.3 Å². The largest absolute Gasteiger partial charge is 0.273 e. The van der Waals surface area contributed by atoms with Crippen LogP contribution in [0.2, 0.25) is 0 Å². The molecule has 45 heavy (non-hydrogen) atoms. The fraction of sp³-hybridized carbons (Fsp3) is 0.412. The Labute approximate surface area is 265 Å². The summed E-state index contributed by atoms with van der Waals surface area (Å²) in [5.41, 5.74) is 6.95. The van der Waals surface area contributed by atoms with Crippen molar-refractivity contribution < 1.29 is 24.0 Å². The van der Waals surface area contributed by atoms with Gasteiger partial charge in [-0.25, -0.2) is 15.1 Å². The molecule has 0 saturated carbocycles. The van der Waals surface area contributed by atoms with Crippen LogP contribution in [0.5, 0.6) is 0 Å². The van der Waals surface area contributed by atoms with E-state index in [9.17, 15) is 19.2 Å². The van der Waals surface area contributed by atoms with Gasteiger partial charge < -0.3 is 0 Å². The number of allylic oxidation sites excluding steroid dienone is 1. The molecule has 0 spiro atoms. The number of hydrogen-bond donors (Lipinski definition) is 2. The monoisotopic (exact) mass is 616 g/mol. The summed E-state index contributed by atoms with van der Waals surface area (Å²) in [6.45, 7) is 7.45. The van der Waals surface area contributed by atoms with Crippen LogP contribution in [-0.2, 0) is 37.2 Å². The number of rotatable bonds is 16. The maximum Gasteiger partial charge on any atom is 0.269 e. The van der Waals surface area contributed by atoms with Crippen LogP contribution < -0.4 is 10.9 Å². The molecule has 0 radical (unpaired) electrons. The van der Waals surface area contributed by atoms with Crippen molar-refractivity contribution in [2.24, 2.45) is 23.7 Å². The Kier molecular flexibility index (Phi) is 14.1. The molecule has 2 atom stereocenters. The molecule has 0 saturated heterocycles. The predicted octanol–water partition coefficient (Wildman–Crippen LogP) is 4.73. The van der Waals surface area contributed by atoms with E-state index in [1.54, 1.807) is 0 Å². The molecule has 11 heteroatoms. The Bertz CT molecular complexity index is 1370. The fourth-order valence-corrected chi connectivity index (χ4v) is 4.95. The van der Waals surface area contributed by atoms with Crippen molar-refractivity contribution in [2.75, 3.05) is 0 Å². The Balaban J connectivity index is 1.88. The molecule has 2 aromatic carbocycles. The molecule has 2 N–H and O–H groups in total. The van der Waals surface area contributed by atoms with E-state index in [0.717, 1.165) is 16.1 Å². The van der Waals surface area contributed by atoms with Gasteiger partial charge in [0, 0.05) is 5.92 Å². The summed E-state index contributed by atoms with van der Waals surface area (Å²) in [5.74, 6) is -4.47. The fourth-order valence-electron chi connectivity index (χ4n) is 4.95. The quantitative estimate of drug-likeness (QED) is 0.222. The second-order valence-electron chi connectivity index (χ2n) is 11.3. The smallest absolute Gasteiger partial charge is 0.269 e. The second-order valence-corrected chi connectivity index (χ2v) is 11.3. The molecule has 11 nitrogen and oxygen atoms in total. The lowest BCUT2D eigenvalue weighted by Gasteiger charge is -2.30. The van der Waals surface area contributed by atoms with E-state index in [1.807, 2.05) is 101 Å². The van der Waals surface area contributed by atoms with Crippen LogP contribution in [0, 0.1) is 23.7 Å². The summed E-state index contributed by atoms with van der Waals surface area (Å²) in [6, 6.07) is 19.0. The highest BCUT2D eigenvalue weighted by atomic mass is 16.6. The molecule has 1 aromatic heterocycles. The lowest BCUT2D eigenvalue weighted by molar-refractivity contribution is -0.158. The van der Waals surface area contributed by atoms with Crippen molar-refractivity contribution in [3.8, 4) is 0 Å². The van der Waals surface area contributed by atoms with Crippen molar-refractivity contribution in [3.63, 3.8) is 0 Å². The van der Waals surface area contributed by atoms with E-state index in [0.29, 0.717) is 19.3 Å². The van der Waals surface area contributed by atoms with Crippen LogP contribution in [0.1, 0.15) is 64.5 Å². The molecular weight excluding hydrogens is 572 g/mol. The summed E-state index contributed by atoms with van der Waals surface area (Å²) in [6.07, 6.45) is 7.89. The lowest BCUT2D eigenvalue weighted by Crippen LogP contribution is -2.55. The number of nitrogens with one attached hydrogen (secondary N) is 2. The molecule has 240 valence electrons. The highest BCUT2D eigenvalue weighted by Crippen LogP contribution is 2.26. The van der Waals surface area contributed by atoms with E-state index in [2.05, 4.69) is 21.0 Å². The first-order valence-corrected chi connectivity index (χ1v) is 15.4. The summed E-state index contributed by atoms with van der Waals surface area (Å²) in [5, 5.41) is 4.74. The number of benzene rings is 2. The molecule has 3 aromatic rings. The normalized spacial score (nSPS) is 12.7. The summed E-state index contributed by atoms with van der Waals surface area (Å²) >= 11 is 0. The Morgan fingerprint density at radius 2 is 1.60 bits per heavy atom. The summed E-state index contributed by atoms with van der Waals surface area (Å²) in [4.78, 5) is 64.0. The van der Waals surface area contributed by atoms with Gasteiger partial charge in [-0.05, 0) is 42.7 Å². The zero-order valence-corrected chi connectivity index (χ0v) is 26.5. The molecule has 1 heterocycles. The second kappa shape index (κ2) is 18.2. The van der Waals surface area contributed by atoms with Crippen molar-refractivity contribution >= 4 is 29.7 Å². The standard InChI is InChI=1S/C34H44N6O5/c1-5-28(6-2)34(44)40(31(41)21-39-24-35-23-36-39)37-32(42)30(20-25(3)4)29(19-13-18-26-14-9-7-10-15-26)33(43)38-45-22-27-16-11-8-12-17-27/h7-18,23-25,28-30H,5-6,19-22H2,1-4H3,(H,37,42)(H,38,43)/b18-13+/t29-,30+/m0/s1. The average Bonchev–Trinajstić information content (AvgIpc) is 3.55. The molecule has 0 fully saturated rings. The third kappa shape index (κ3) is 11.1. The minimum Gasteiger partial charge on any atom is -0.273 e. The average molecular weight is 617 g/mol. The third-order valence-electron chi connectivity index (χ3n) is 7.43. The van der Waals surface area contributed by atoms with E-state index < -0.39 is 41.4 Å². The third-order valence-corrected chi connectivity index (χ3v) is 7.43. The number of hydrogen-bond acceptors (Lipinski definition) is 7. The van der Waals surface area contributed by atoms with Gasteiger partial charge in [0.1, 0.15) is 19.2 Å². The highest BCUT2D eigenvalue weighted by Gasteiger charge is 2.37. The number of hydroxylamine groups is 1. The van der Waals surface area contributed by atoms with Gasteiger partial charge in [-0.15, -0.1) is 0 Å². The number of amides is 4. The van der Waals surface area contributed by atoms with E-state index >= 15 is 0 Å². The minimum atomic E-state index is -0.887. The van der Waals surface area contributed by atoms with Crippen molar-refractivity contribution in [3.05, 3.63) is 90.5 Å². The minimum absolute atomic E-state index is 0.0217. The molecule has 0 aliphatic carbocycles. The number of imide groups is 1. The molecule has 0 aliphatic rings. The molecule has 0 aliphatic heterocycles. The van der Waals surface area contributed by atoms with Crippen molar-refractivity contribution in [2.45, 2.75) is 66.5 Å². The Hall–Kier alpha value is -4.64. The molecule has 3 rings (SSSR count). The van der Waals surface area contributed by atoms with Gasteiger partial charge in [0.25, 0.3) is 11.8 Å². The molecule has 4 amide bonds. The number of hydrazine groups is 1. The summed E-state index contributed by atoms with van der Waals surface area (Å²) in [7, 11) is 0. The van der Waals surface area contributed by atoms with Crippen LogP contribution in [0.15, 0.2) is 79.4 Å². The Morgan fingerprint density at radius 3 is 2.20 bits per heavy atom. The van der Waals surface area contributed by atoms with Gasteiger partial charge >= 0.3 is 0 Å². The van der Waals surface area contributed by atoms with E-state index in [4.69, 9.17) is 4.84 Å². The first kappa shape index (κ1) is 34.8. The highest BCUT2D eigenvalue weighted by molar-refractivity contribution is 5.99. The van der Waals surface area contributed by atoms with Gasteiger partial charge in [0.15, 0.2) is 0 Å². The Morgan fingerprint density at radius 1 is 0.933 bits per heavy atom. The number of carbonyl (C=O) groups excluding carboxylic acids is 4. The predicted molar refractivity (Wildman–Crippen MR) is 170 cm³/mol. The van der Waals surface area contributed by atoms with Crippen LogP contribution in [0.3, 0.4) is 0 Å². The molecule has 0 bridgehead atoms. The van der Waals surface area contributed by atoms with Crippen LogP contribution in [-0.4, -0.2) is 43.4 Å². The van der Waals surface area contributed by atoms with Crippen LogP contribution in [0.25, 0.3) is 6.08 Å². The first-order chi connectivity index (χ1) is 21.7. The van der Waals surface area contributed by atoms with Gasteiger partial charge in [0.05, 0.1) is 18.4 Å². The van der Waals surface area contributed by atoms with Gasteiger partial charge in [-0.2, -0.15) is 10.1 Å². The van der Waals surface area contributed by atoms with Crippen molar-refractivity contribution in [1.29, 1.82) is 0 Å². The van der Waals surface area contributed by atoms with Crippen molar-refractivity contribution in [1.82, 2.24) is 30.7 Å². The van der Waals surface area contributed by atoms with E-state index in [-0.39, 0.29) is 25.5 Å². The van der Waals surface area contributed by atoms with Gasteiger partial charge in [-0.3, -0.25) is 29.4 Å². The number of aromatic nitrogens is 3.